The van der Waals surface area contributed by atoms with Crippen LogP contribution in [0.1, 0.15) is 33.3 Å². The highest BCUT2D eigenvalue weighted by Crippen LogP contribution is 2.21. The summed E-state index contributed by atoms with van der Waals surface area (Å²) in [5.41, 5.74) is 1.91. The third-order valence-electron chi connectivity index (χ3n) is 3.20. The predicted molar refractivity (Wildman–Crippen MR) is 81.4 cm³/mol. The number of nitrogens with one attached hydrogen (secondary N) is 1. The summed E-state index contributed by atoms with van der Waals surface area (Å²) in [7, 11) is 0. The maximum absolute atomic E-state index is 9.46. The van der Waals surface area contributed by atoms with Gasteiger partial charge in [-0.25, -0.2) is 0 Å². The Kier molecular flexibility index (Phi) is 5.38. The number of hydrogen-bond donors (Lipinski definition) is 1. The minimum absolute atomic E-state index is 0.292. The van der Waals surface area contributed by atoms with Crippen LogP contribution in [-0.2, 0) is 0 Å². The third kappa shape index (κ3) is 4.25. The molecule has 1 unspecified atom stereocenters. The van der Waals surface area contributed by atoms with Gasteiger partial charge in [-0.1, -0.05) is 18.2 Å². The number of rotatable bonds is 6. The van der Waals surface area contributed by atoms with Crippen LogP contribution in [0.2, 0.25) is 0 Å². The molecular weight excluding hydrogens is 234 g/mol. The van der Waals surface area contributed by atoms with Crippen molar-refractivity contribution in [2.45, 2.75) is 46.2 Å². The summed E-state index contributed by atoms with van der Waals surface area (Å²) in [6.45, 7) is 11.9. The van der Waals surface area contributed by atoms with E-state index in [0.717, 1.165) is 6.54 Å². The first-order valence-electron chi connectivity index (χ1n) is 6.91. The molecule has 3 heteroatoms. The Morgan fingerprint density at radius 3 is 2.47 bits per heavy atom. The molecule has 0 radical (unpaired) electrons. The molecule has 0 aliphatic rings. The Morgan fingerprint density at radius 1 is 1.37 bits per heavy atom. The van der Waals surface area contributed by atoms with E-state index in [2.05, 4.69) is 56.1 Å². The van der Waals surface area contributed by atoms with Crippen molar-refractivity contribution in [1.82, 2.24) is 5.32 Å². The van der Waals surface area contributed by atoms with Crippen LogP contribution in [0.3, 0.4) is 0 Å². The van der Waals surface area contributed by atoms with Crippen molar-refractivity contribution in [2.75, 3.05) is 18.0 Å². The van der Waals surface area contributed by atoms with Crippen LogP contribution in [0.15, 0.2) is 24.3 Å². The van der Waals surface area contributed by atoms with Crippen LogP contribution in [0.5, 0.6) is 0 Å². The van der Waals surface area contributed by atoms with Crippen LogP contribution < -0.4 is 10.2 Å². The normalized spacial score (nSPS) is 13.9. The minimum atomic E-state index is -0.535. The zero-order valence-electron chi connectivity index (χ0n) is 12.7. The van der Waals surface area contributed by atoms with Crippen LogP contribution in [-0.4, -0.2) is 24.7 Å². The zero-order valence-corrected chi connectivity index (χ0v) is 12.7. The standard InChI is InChI=1S/C16H25N3/c1-6-19(15-10-8-7-9-14(15)4)12-16(5,11-17)18-13(2)3/h7-10,13,18H,6,12H2,1-5H3. The van der Waals surface area contributed by atoms with E-state index in [9.17, 15) is 5.26 Å². The second kappa shape index (κ2) is 6.58. The monoisotopic (exact) mass is 259 g/mol. The summed E-state index contributed by atoms with van der Waals surface area (Å²) < 4.78 is 0. The van der Waals surface area contributed by atoms with E-state index in [1.165, 1.54) is 11.3 Å². The number of aryl methyl sites for hydroxylation is 1. The molecule has 1 aromatic rings. The van der Waals surface area contributed by atoms with Crippen molar-refractivity contribution in [3.63, 3.8) is 0 Å². The van der Waals surface area contributed by atoms with E-state index in [1.807, 2.05) is 19.1 Å². The summed E-state index contributed by atoms with van der Waals surface area (Å²) in [6.07, 6.45) is 0. The molecule has 0 aromatic heterocycles. The van der Waals surface area contributed by atoms with Gasteiger partial charge in [0, 0.05) is 24.8 Å². The highest BCUT2D eigenvalue weighted by molar-refractivity contribution is 5.53. The lowest BCUT2D eigenvalue weighted by Crippen LogP contribution is -2.53. The molecule has 0 aliphatic carbocycles. The van der Waals surface area contributed by atoms with Gasteiger partial charge in [-0.15, -0.1) is 0 Å². The Hall–Kier alpha value is -1.53. The van der Waals surface area contributed by atoms with Crippen LogP contribution >= 0.6 is 0 Å². The summed E-state index contributed by atoms with van der Waals surface area (Å²) in [6, 6.07) is 11.0. The fraction of sp³-hybridized carbons (Fsp3) is 0.562. The average Bonchev–Trinajstić information content (AvgIpc) is 2.36. The summed E-state index contributed by atoms with van der Waals surface area (Å²) in [5.74, 6) is 0. The molecule has 0 saturated heterocycles. The van der Waals surface area contributed by atoms with Crippen molar-refractivity contribution in [3.8, 4) is 6.07 Å². The van der Waals surface area contributed by atoms with Crippen molar-refractivity contribution in [2.24, 2.45) is 0 Å². The molecule has 0 spiro atoms. The van der Waals surface area contributed by atoms with Crippen LogP contribution in [0, 0.1) is 18.3 Å². The molecule has 0 amide bonds. The second-order valence-corrected chi connectivity index (χ2v) is 5.54. The quantitative estimate of drug-likeness (QED) is 0.853. The fourth-order valence-corrected chi connectivity index (χ4v) is 2.42. The van der Waals surface area contributed by atoms with Gasteiger partial charge in [0.2, 0.25) is 0 Å². The van der Waals surface area contributed by atoms with Gasteiger partial charge >= 0.3 is 0 Å². The number of anilines is 1. The van der Waals surface area contributed by atoms with Crippen molar-refractivity contribution < 1.29 is 0 Å². The fourth-order valence-electron chi connectivity index (χ4n) is 2.42. The Morgan fingerprint density at radius 2 is 2.00 bits per heavy atom. The Labute approximate surface area is 117 Å². The maximum atomic E-state index is 9.46. The van der Waals surface area contributed by atoms with Gasteiger partial charge in [0.1, 0.15) is 5.54 Å². The number of hydrogen-bond acceptors (Lipinski definition) is 3. The lowest BCUT2D eigenvalue weighted by Gasteiger charge is -2.34. The van der Waals surface area contributed by atoms with Crippen molar-refractivity contribution in [3.05, 3.63) is 29.8 Å². The van der Waals surface area contributed by atoms with E-state index in [-0.39, 0.29) is 0 Å². The topological polar surface area (TPSA) is 39.1 Å². The molecule has 1 atom stereocenters. The van der Waals surface area contributed by atoms with E-state index in [0.29, 0.717) is 12.6 Å². The number of para-hydroxylation sites is 1. The molecule has 0 fully saturated rings. The maximum Gasteiger partial charge on any atom is 0.121 e. The number of benzene rings is 1. The molecule has 0 aliphatic heterocycles. The van der Waals surface area contributed by atoms with Gasteiger partial charge in [0.15, 0.2) is 0 Å². The number of nitrogens with zero attached hydrogens (tertiary/aromatic N) is 2. The van der Waals surface area contributed by atoms with Crippen molar-refractivity contribution >= 4 is 5.69 Å². The van der Waals surface area contributed by atoms with Crippen molar-refractivity contribution in [1.29, 1.82) is 5.26 Å². The minimum Gasteiger partial charge on any atom is -0.369 e. The van der Waals surface area contributed by atoms with Gasteiger partial charge in [-0.3, -0.25) is 5.32 Å². The summed E-state index contributed by atoms with van der Waals surface area (Å²) >= 11 is 0. The van der Waals surface area contributed by atoms with Crippen LogP contribution in [0.25, 0.3) is 0 Å². The Balaban J connectivity index is 2.94. The molecule has 1 aromatic carbocycles. The van der Waals surface area contributed by atoms with E-state index >= 15 is 0 Å². The zero-order chi connectivity index (χ0) is 14.5. The second-order valence-electron chi connectivity index (χ2n) is 5.54. The first kappa shape index (κ1) is 15.5. The molecular formula is C16H25N3. The lowest BCUT2D eigenvalue weighted by molar-refractivity contribution is 0.404. The third-order valence-corrected chi connectivity index (χ3v) is 3.20. The molecule has 0 saturated carbocycles. The molecule has 3 nitrogen and oxygen atoms in total. The summed E-state index contributed by atoms with van der Waals surface area (Å²) in [4.78, 5) is 2.26. The molecule has 1 rings (SSSR count). The number of nitriles is 1. The largest absolute Gasteiger partial charge is 0.369 e. The average molecular weight is 259 g/mol. The van der Waals surface area contributed by atoms with E-state index in [1.54, 1.807) is 0 Å². The van der Waals surface area contributed by atoms with Gasteiger partial charge in [0.25, 0.3) is 0 Å². The van der Waals surface area contributed by atoms with E-state index < -0.39 is 5.54 Å². The van der Waals surface area contributed by atoms with Gasteiger partial charge in [0.05, 0.1) is 6.07 Å². The molecule has 1 N–H and O–H groups in total. The molecule has 0 heterocycles. The first-order chi connectivity index (χ1) is 8.91. The molecule has 0 bridgehead atoms. The van der Waals surface area contributed by atoms with Gasteiger partial charge in [-0.05, 0) is 46.2 Å². The molecule has 19 heavy (non-hydrogen) atoms. The van der Waals surface area contributed by atoms with Gasteiger partial charge in [-0.2, -0.15) is 5.26 Å². The van der Waals surface area contributed by atoms with E-state index in [4.69, 9.17) is 0 Å². The lowest BCUT2D eigenvalue weighted by atomic mass is 10.0. The van der Waals surface area contributed by atoms with Crippen LogP contribution in [0.4, 0.5) is 5.69 Å². The highest BCUT2D eigenvalue weighted by atomic mass is 15.2. The van der Waals surface area contributed by atoms with Gasteiger partial charge < -0.3 is 4.90 Å². The molecule has 104 valence electrons. The highest BCUT2D eigenvalue weighted by Gasteiger charge is 2.27. The Bertz CT molecular complexity index is 448. The predicted octanol–water partition coefficient (Wildman–Crippen LogP) is 3.10. The number of likely N-dealkylation sites (N-methyl/N-ethyl adjacent to an activating group) is 1. The smallest absolute Gasteiger partial charge is 0.121 e. The summed E-state index contributed by atoms with van der Waals surface area (Å²) in [5, 5.41) is 12.8. The SMILES string of the molecule is CCN(CC(C)(C#N)NC(C)C)c1ccccc1C. The first-order valence-corrected chi connectivity index (χ1v) is 6.91.